The Morgan fingerprint density at radius 3 is 2.78 bits per heavy atom. The predicted molar refractivity (Wildman–Crippen MR) is 66.5 cm³/mol. The molecule has 0 bridgehead atoms. The Hall–Kier alpha value is -2.12. The zero-order chi connectivity index (χ0) is 12.4. The van der Waals surface area contributed by atoms with Crippen molar-refractivity contribution in [3.05, 3.63) is 34.9 Å². The molecule has 0 atom stereocenters. The number of nitrogens with zero attached hydrogens (tertiary/aromatic N) is 4. The molecule has 18 heavy (non-hydrogen) atoms. The molecule has 0 aliphatic heterocycles. The standard InChI is InChI=1S/C11H9N5OS/c12-5-9-14-8(6-18-9)11-15-10(16-17-11)7-1-3-13-4-2-7/h1-4,6H,5,12H2. The molecule has 0 unspecified atom stereocenters. The monoisotopic (exact) mass is 259 g/mol. The molecule has 0 aliphatic rings. The summed E-state index contributed by atoms with van der Waals surface area (Å²) in [5.74, 6) is 0.924. The van der Waals surface area contributed by atoms with Gasteiger partial charge in [-0.2, -0.15) is 4.98 Å². The Labute approximate surface area is 107 Å². The number of rotatable bonds is 3. The van der Waals surface area contributed by atoms with Gasteiger partial charge in [0.2, 0.25) is 5.82 Å². The fraction of sp³-hybridized carbons (Fsp3) is 0.0909. The van der Waals surface area contributed by atoms with Crippen molar-refractivity contribution in [1.29, 1.82) is 0 Å². The number of thiazole rings is 1. The first kappa shape index (κ1) is 11.0. The fourth-order valence-electron chi connectivity index (χ4n) is 1.45. The van der Waals surface area contributed by atoms with Crippen molar-refractivity contribution in [3.63, 3.8) is 0 Å². The molecule has 0 saturated heterocycles. The minimum Gasteiger partial charge on any atom is -0.332 e. The zero-order valence-corrected chi connectivity index (χ0v) is 10.1. The van der Waals surface area contributed by atoms with E-state index < -0.39 is 0 Å². The molecule has 6 nitrogen and oxygen atoms in total. The van der Waals surface area contributed by atoms with Crippen LogP contribution in [0, 0.1) is 0 Å². The highest BCUT2D eigenvalue weighted by molar-refractivity contribution is 7.09. The van der Waals surface area contributed by atoms with E-state index in [4.69, 9.17) is 10.3 Å². The smallest absolute Gasteiger partial charge is 0.277 e. The first-order valence-electron chi connectivity index (χ1n) is 5.26. The van der Waals surface area contributed by atoms with E-state index in [2.05, 4.69) is 20.1 Å². The molecule has 0 saturated carbocycles. The van der Waals surface area contributed by atoms with E-state index in [1.165, 1.54) is 11.3 Å². The predicted octanol–water partition coefficient (Wildman–Crippen LogP) is 1.71. The molecule has 3 aromatic heterocycles. The summed E-state index contributed by atoms with van der Waals surface area (Å²) in [7, 11) is 0. The van der Waals surface area contributed by atoms with Crippen LogP contribution in [0.1, 0.15) is 5.01 Å². The van der Waals surface area contributed by atoms with Gasteiger partial charge in [0.05, 0.1) is 0 Å². The Balaban J connectivity index is 1.94. The Morgan fingerprint density at radius 2 is 2.06 bits per heavy atom. The van der Waals surface area contributed by atoms with Crippen molar-refractivity contribution in [2.45, 2.75) is 6.54 Å². The van der Waals surface area contributed by atoms with Crippen LogP contribution in [0.3, 0.4) is 0 Å². The van der Waals surface area contributed by atoms with E-state index in [1.54, 1.807) is 12.4 Å². The van der Waals surface area contributed by atoms with Crippen LogP contribution in [0.4, 0.5) is 0 Å². The van der Waals surface area contributed by atoms with Crippen LogP contribution >= 0.6 is 11.3 Å². The third-order valence-electron chi connectivity index (χ3n) is 2.31. The number of aromatic nitrogens is 4. The van der Waals surface area contributed by atoms with Gasteiger partial charge in [-0.15, -0.1) is 11.3 Å². The van der Waals surface area contributed by atoms with Crippen molar-refractivity contribution >= 4 is 11.3 Å². The Kier molecular flexibility index (Phi) is 2.83. The minimum absolute atomic E-state index is 0.401. The van der Waals surface area contributed by atoms with Gasteiger partial charge < -0.3 is 10.3 Å². The quantitative estimate of drug-likeness (QED) is 0.770. The first-order chi connectivity index (χ1) is 8.86. The summed E-state index contributed by atoms with van der Waals surface area (Å²) in [6.45, 7) is 0.413. The number of nitrogens with two attached hydrogens (primary N) is 1. The van der Waals surface area contributed by atoms with Crippen LogP contribution in [0.15, 0.2) is 34.4 Å². The van der Waals surface area contributed by atoms with Crippen molar-refractivity contribution in [1.82, 2.24) is 20.1 Å². The summed E-state index contributed by atoms with van der Waals surface area (Å²) >= 11 is 1.48. The molecule has 90 valence electrons. The molecule has 3 aromatic rings. The van der Waals surface area contributed by atoms with E-state index in [0.717, 1.165) is 10.6 Å². The van der Waals surface area contributed by atoms with E-state index >= 15 is 0 Å². The topological polar surface area (TPSA) is 90.7 Å². The summed E-state index contributed by atoms with van der Waals surface area (Å²) in [4.78, 5) is 12.5. The normalized spacial score (nSPS) is 10.7. The second-order valence-electron chi connectivity index (χ2n) is 3.49. The van der Waals surface area contributed by atoms with Crippen LogP contribution in [0.5, 0.6) is 0 Å². The van der Waals surface area contributed by atoms with E-state index in [-0.39, 0.29) is 0 Å². The molecule has 0 amide bonds. The molecule has 3 rings (SSSR count). The second-order valence-corrected chi connectivity index (χ2v) is 4.43. The van der Waals surface area contributed by atoms with Gasteiger partial charge in [-0.1, -0.05) is 5.16 Å². The highest BCUT2D eigenvalue weighted by atomic mass is 32.1. The van der Waals surface area contributed by atoms with Crippen LogP contribution in [0.2, 0.25) is 0 Å². The first-order valence-corrected chi connectivity index (χ1v) is 6.14. The van der Waals surface area contributed by atoms with Crippen molar-refractivity contribution in [2.75, 3.05) is 0 Å². The SMILES string of the molecule is NCc1nc(-c2nc(-c3ccncc3)no2)cs1. The molecule has 0 radical (unpaired) electrons. The summed E-state index contributed by atoms with van der Waals surface area (Å²) in [6, 6.07) is 3.64. The zero-order valence-electron chi connectivity index (χ0n) is 9.28. The molecular formula is C11H9N5OS. The molecule has 0 spiro atoms. The van der Waals surface area contributed by atoms with Gasteiger partial charge in [-0.05, 0) is 12.1 Å². The van der Waals surface area contributed by atoms with Crippen molar-refractivity contribution < 1.29 is 4.52 Å². The van der Waals surface area contributed by atoms with Crippen LogP contribution < -0.4 is 5.73 Å². The Morgan fingerprint density at radius 1 is 1.22 bits per heavy atom. The van der Waals surface area contributed by atoms with Gasteiger partial charge in [0.25, 0.3) is 5.89 Å². The highest BCUT2D eigenvalue weighted by Crippen LogP contribution is 2.23. The molecule has 7 heteroatoms. The van der Waals surface area contributed by atoms with E-state index in [0.29, 0.717) is 24.0 Å². The van der Waals surface area contributed by atoms with Crippen LogP contribution in [0.25, 0.3) is 23.0 Å². The maximum absolute atomic E-state index is 5.51. The van der Waals surface area contributed by atoms with Crippen LogP contribution in [-0.2, 0) is 6.54 Å². The lowest BCUT2D eigenvalue weighted by Gasteiger charge is -1.89. The molecular weight excluding hydrogens is 250 g/mol. The lowest BCUT2D eigenvalue weighted by Crippen LogP contribution is -1.94. The molecule has 0 fully saturated rings. The fourth-order valence-corrected chi connectivity index (χ4v) is 2.10. The van der Waals surface area contributed by atoms with Gasteiger partial charge in [0.1, 0.15) is 10.7 Å². The van der Waals surface area contributed by atoms with Gasteiger partial charge >= 0.3 is 0 Å². The Bertz CT molecular complexity index is 648. The lowest BCUT2D eigenvalue weighted by atomic mass is 10.2. The van der Waals surface area contributed by atoms with E-state index in [9.17, 15) is 0 Å². The van der Waals surface area contributed by atoms with Crippen molar-refractivity contribution in [2.24, 2.45) is 5.73 Å². The largest absolute Gasteiger partial charge is 0.332 e. The summed E-state index contributed by atoms with van der Waals surface area (Å²) in [5.41, 5.74) is 7.03. The van der Waals surface area contributed by atoms with Gasteiger partial charge in [0, 0.05) is 29.9 Å². The van der Waals surface area contributed by atoms with Crippen LogP contribution in [-0.4, -0.2) is 20.1 Å². The lowest BCUT2D eigenvalue weighted by molar-refractivity contribution is 0.431. The van der Waals surface area contributed by atoms with Gasteiger partial charge in [-0.25, -0.2) is 4.98 Å². The third kappa shape index (κ3) is 2.01. The summed E-state index contributed by atoms with van der Waals surface area (Å²) < 4.78 is 5.18. The third-order valence-corrected chi connectivity index (χ3v) is 3.18. The minimum atomic E-state index is 0.401. The maximum Gasteiger partial charge on any atom is 0.277 e. The number of hydrogen-bond acceptors (Lipinski definition) is 7. The maximum atomic E-state index is 5.51. The second kappa shape index (κ2) is 4.63. The number of hydrogen-bond donors (Lipinski definition) is 1. The number of pyridine rings is 1. The molecule has 0 aliphatic carbocycles. The summed E-state index contributed by atoms with van der Waals surface area (Å²) in [5, 5.41) is 6.61. The average Bonchev–Trinajstić information content (AvgIpc) is 3.08. The highest BCUT2D eigenvalue weighted by Gasteiger charge is 2.13. The van der Waals surface area contributed by atoms with Gasteiger partial charge in [0.15, 0.2) is 0 Å². The molecule has 0 aromatic carbocycles. The van der Waals surface area contributed by atoms with Gasteiger partial charge in [-0.3, -0.25) is 4.98 Å². The summed E-state index contributed by atoms with van der Waals surface area (Å²) in [6.07, 6.45) is 3.36. The van der Waals surface area contributed by atoms with E-state index in [1.807, 2.05) is 17.5 Å². The van der Waals surface area contributed by atoms with Crippen molar-refractivity contribution in [3.8, 4) is 23.0 Å². The molecule has 3 heterocycles. The average molecular weight is 259 g/mol. The molecule has 2 N–H and O–H groups in total.